The Bertz CT molecular complexity index is 753. The molecule has 3 rings (SSSR count). The monoisotopic (exact) mass is 370 g/mol. The summed E-state index contributed by atoms with van der Waals surface area (Å²) in [5, 5.41) is 1.18. The molecule has 1 heterocycles. The summed E-state index contributed by atoms with van der Waals surface area (Å²) in [6.45, 7) is 8.54. The minimum Gasteiger partial charge on any atom is -0.444 e. The number of para-hydroxylation sites is 1. The number of hydrogen-bond acceptors (Lipinski definition) is 2. The number of carbonyl (C=O) groups excluding carboxylic acids is 1. The number of carbonyl (C=O) groups is 1. The third-order valence-corrected chi connectivity index (χ3v) is 5.57. The number of H-pyrrole nitrogens is 1. The van der Waals surface area contributed by atoms with Crippen molar-refractivity contribution >= 4 is 17.0 Å². The van der Waals surface area contributed by atoms with Gasteiger partial charge in [-0.25, -0.2) is 4.79 Å². The summed E-state index contributed by atoms with van der Waals surface area (Å²) in [5.74, 6) is 0.722. The van der Waals surface area contributed by atoms with Crippen molar-refractivity contribution in [1.82, 2.24) is 9.88 Å². The van der Waals surface area contributed by atoms with Gasteiger partial charge in [0.25, 0.3) is 0 Å². The fraction of sp³-hybridized carbons (Fsp3) is 0.609. The molecular weight excluding hydrogens is 336 g/mol. The number of benzene rings is 1. The molecule has 1 aliphatic carbocycles. The average molecular weight is 371 g/mol. The number of nitrogens with zero attached hydrogens (tertiary/aromatic N) is 1. The number of hydrogen-bond donors (Lipinski definition) is 1. The van der Waals surface area contributed by atoms with Gasteiger partial charge in [0.2, 0.25) is 0 Å². The van der Waals surface area contributed by atoms with Crippen molar-refractivity contribution in [3.05, 3.63) is 36.0 Å². The summed E-state index contributed by atoms with van der Waals surface area (Å²) in [4.78, 5) is 18.3. The van der Waals surface area contributed by atoms with Crippen molar-refractivity contribution in [2.45, 2.75) is 84.4 Å². The molecule has 0 spiro atoms. The van der Waals surface area contributed by atoms with Crippen LogP contribution in [-0.2, 0) is 11.3 Å². The maximum Gasteiger partial charge on any atom is 0.410 e. The highest BCUT2D eigenvalue weighted by molar-refractivity contribution is 5.82. The van der Waals surface area contributed by atoms with E-state index in [0.29, 0.717) is 6.54 Å². The molecule has 1 aromatic heterocycles. The Morgan fingerprint density at radius 1 is 1.22 bits per heavy atom. The summed E-state index contributed by atoms with van der Waals surface area (Å²) in [7, 11) is 0. The van der Waals surface area contributed by atoms with Gasteiger partial charge in [-0.3, -0.25) is 0 Å². The lowest BCUT2D eigenvalue weighted by atomic mass is 9.85. The van der Waals surface area contributed by atoms with Gasteiger partial charge in [0.1, 0.15) is 5.60 Å². The van der Waals surface area contributed by atoms with Crippen molar-refractivity contribution in [2.24, 2.45) is 5.92 Å². The van der Waals surface area contributed by atoms with E-state index in [2.05, 4.69) is 36.2 Å². The van der Waals surface area contributed by atoms with E-state index in [1.165, 1.54) is 37.5 Å². The number of fused-ring (bicyclic) bond motifs is 1. The van der Waals surface area contributed by atoms with E-state index >= 15 is 0 Å². The Morgan fingerprint density at radius 2 is 1.96 bits per heavy atom. The smallest absolute Gasteiger partial charge is 0.410 e. The highest BCUT2D eigenvalue weighted by Gasteiger charge is 2.28. The molecule has 1 aromatic carbocycles. The van der Waals surface area contributed by atoms with Crippen LogP contribution in [0, 0.1) is 5.92 Å². The molecule has 148 valence electrons. The van der Waals surface area contributed by atoms with Crippen LogP contribution < -0.4 is 0 Å². The van der Waals surface area contributed by atoms with E-state index in [9.17, 15) is 4.79 Å². The third kappa shape index (κ3) is 5.27. The fourth-order valence-corrected chi connectivity index (χ4v) is 4.22. The highest BCUT2D eigenvalue weighted by Crippen LogP contribution is 2.30. The normalized spacial score (nSPS) is 17.0. The number of amides is 1. The first kappa shape index (κ1) is 19.8. The zero-order valence-electron chi connectivity index (χ0n) is 17.3. The zero-order chi connectivity index (χ0) is 19.4. The SMILES string of the molecule is CC(CC1CCCCC1)N(Cc1cccc2cc[nH]c12)C(=O)OC(C)(C)C. The van der Waals surface area contributed by atoms with E-state index in [1.54, 1.807) is 0 Å². The lowest BCUT2D eigenvalue weighted by molar-refractivity contribution is 0.0128. The Hall–Kier alpha value is -1.97. The molecule has 1 aliphatic rings. The molecule has 1 fully saturated rings. The lowest BCUT2D eigenvalue weighted by Gasteiger charge is -2.34. The van der Waals surface area contributed by atoms with Gasteiger partial charge in [0.15, 0.2) is 0 Å². The van der Waals surface area contributed by atoms with Crippen molar-refractivity contribution in [2.75, 3.05) is 0 Å². The summed E-state index contributed by atoms with van der Waals surface area (Å²) in [6, 6.07) is 8.49. The number of nitrogens with one attached hydrogen (secondary N) is 1. The second kappa shape index (κ2) is 8.37. The largest absolute Gasteiger partial charge is 0.444 e. The predicted octanol–water partition coefficient (Wildman–Crippen LogP) is 6.26. The van der Waals surface area contributed by atoms with Crippen molar-refractivity contribution in [1.29, 1.82) is 0 Å². The molecule has 4 nitrogen and oxygen atoms in total. The molecule has 1 saturated carbocycles. The van der Waals surface area contributed by atoms with Crippen LogP contribution in [0.3, 0.4) is 0 Å². The molecule has 0 bridgehead atoms. The number of aromatic amines is 1. The maximum atomic E-state index is 13.0. The molecule has 4 heteroatoms. The molecule has 0 aliphatic heterocycles. The van der Waals surface area contributed by atoms with Gasteiger partial charge in [0, 0.05) is 12.2 Å². The minimum absolute atomic E-state index is 0.160. The first-order valence-corrected chi connectivity index (χ1v) is 10.4. The van der Waals surface area contributed by atoms with Gasteiger partial charge in [-0.1, -0.05) is 50.3 Å². The molecule has 1 N–H and O–H groups in total. The Morgan fingerprint density at radius 3 is 2.67 bits per heavy atom. The first-order chi connectivity index (χ1) is 12.8. The van der Waals surface area contributed by atoms with Gasteiger partial charge in [-0.15, -0.1) is 0 Å². The van der Waals surface area contributed by atoms with Gasteiger partial charge in [0.05, 0.1) is 12.1 Å². The Balaban J connectivity index is 1.80. The van der Waals surface area contributed by atoms with Crippen molar-refractivity contribution < 1.29 is 9.53 Å². The van der Waals surface area contributed by atoms with Crippen molar-refractivity contribution in [3.8, 4) is 0 Å². The molecule has 0 radical (unpaired) electrons. The van der Waals surface area contributed by atoms with Gasteiger partial charge >= 0.3 is 6.09 Å². The molecule has 0 saturated heterocycles. The van der Waals surface area contributed by atoms with E-state index in [0.717, 1.165) is 23.4 Å². The van der Waals surface area contributed by atoms with Crippen LogP contribution in [0.2, 0.25) is 0 Å². The van der Waals surface area contributed by atoms with Gasteiger partial charge in [-0.2, -0.15) is 0 Å². The topological polar surface area (TPSA) is 45.3 Å². The van der Waals surface area contributed by atoms with E-state index < -0.39 is 5.60 Å². The zero-order valence-corrected chi connectivity index (χ0v) is 17.3. The van der Waals surface area contributed by atoms with E-state index in [1.807, 2.05) is 31.9 Å². The quantitative estimate of drug-likeness (QED) is 0.675. The molecule has 1 atom stereocenters. The fourth-order valence-electron chi connectivity index (χ4n) is 4.22. The predicted molar refractivity (Wildman–Crippen MR) is 111 cm³/mol. The molecule has 27 heavy (non-hydrogen) atoms. The Kier molecular flexibility index (Phi) is 6.13. The summed E-state index contributed by atoms with van der Waals surface area (Å²) < 4.78 is 5.75. The standard InChI is InChI=1S/C23H34N2O2/c1-17(15-18-9-6-5-7-10-18)25(22(26)27-23(2,3)4)16-20-12-8-11-19-13-14-24-21(19)20/h8,11-14,17-18,24H,5-7,9-10,15-16H2,1-4H3. The van der Waals surface area contributed by atoms with Crippen LogP contribution in [-0.4, -0.2) is 27.6 Å². The average Bonchev–Trinajstić information content (AvgIpc) is 3.08. The second-order valence-corrected chi connectivity index (χ2v) is 9.06. The summed E-state index contributed by atoms with van der Waals surface area (Å²) in [5.41, 5.74) is 1.76. The van der Waals surface area contributed by atoms with Crippen LogP contribution in [0.4, 0.5) is 4.79 Å². The van der Waals surface area contributed by atoms with E-state index in [4.69, 9.17) is 4.74 Å². The van der Waals surface area contributed by atoms with Gasteiger partial charge < -0.3 is 14.6 Å². The molecule has 2 aromatic rings. The van der Waals surface area contributed by atoms with Crippen molar-refractivity contribution in [3.63, 3.8) is 0 Å². The van der Waals surface area contributed by atoms with Crippen LogP contribution in [0.5, 0.6) is 0 Å². The third-order valence-electron chi connectivity index (χ3n) is 5.57. The van der Waals surface area contributed by atoms with Crippen LogP contribution in [0.15, 0.2) is 30.5 Å². The Labute approximate surface area is 163 Å². The lowest BCUT2D eigenvalue weighted by Crippen LogP contribution is -2.42. The number of rotatable bonds is 5. The summed E-state index contributed by atoms with van der Waals surface area (Å²) in [6.07, 6.45) is 9.39. The first-order valence-electron chi connectivity index (χ1n) is 10.4. The minimum atomic E-state index is -0.488. The van der Waals surface area contributed by atoms with Crippen LogP contribution >= 0.6 is 0 Å². The molecule has 1 unspecified atom stereocenters. The van der Waals surface area contributed by atoms with Gasteiger partial charge in [-0.05, 0) is 57.0 Å². The van der Waals surface area contributed by atoms with E-state index in [-0.39, 0.29) is 12.1 Å². The maximum absolute atomic E-state index is 13.0. The van der Waals surface area contributed by atoms with Crippen LogP contribution in [0.1, 0.15) is 71.8 Å². The number of aromatic nitrogens is 1. The second-order valence-electron chi connectivity index (χ2n) is 9.06. The number of ether oxygens (including phenoxy) is 1. The highest BCUT2D eigenvalue weighted by atomic mass is 16.6. The molecular formula is C23H34N2O2. The van der Waals surface area contributed by atoms with Crippen LogP contribution in [0.25, 0.3) is 10.9 Å². The summed E-state index contributed by atoms with van der Waals surface area (Å²) >= 11 is 0. The molecule has 1 amide bonds.